The van der Waals surface area contributed by atoms with Crippen LogP contribution in [-0.4, -0.2) is 34.3 Å². The number of aryl methyl sites for hydroxylation is 1. The van der Waals surface area contributed by atoms with Crippen molar-refractivity contribution in [2.75, 3.05) is 10.6 Å². The van der Waals surface area contributed by atoms with Crippen molar-refractivity contribution in [3.05, 3.63) is 87.4 Å². The fourth-order valence-electron chi connectivity index (χ4n) is 3.42. The van der Waals surface area contributed by atoms with Gasteiger partial charge in [-0.15, -0.1) is 0 Å². The summed E-state index contributed by atoms with van der Waals surface area (Å²) in [6.45, 7) is 1.87. The quantitative estimate of drug-likeness (QED) is 0.307. The number of halogens is 2. The van der Waals surface area contributed by atoms with Crippen LogP contribution in [0.2, 0.25) is 10.0 Å². The first-order valence-electron chi connectivity index (χ1n) is 10.7. The molecule has 0 unspecified atom stereocenters. The Morgan fingerprint density at radius 2 is 1.73 bits per heavy atom. The maximum Gasteiger partial charge on any atom is 0.323 e. The summed E-state index contributed by atoms with van der Waals surface area (Å²) in [7, 11) is -4.05. The summed E-state index contributed by atoms with van der Waals surface area (Å²) in [5.41, 5.74) is 0.0161. The van der Waals surface area contributed by atoms with Crippen molar-refractivity contribution < 1.29 is 18.3 Å². The number of phenols is 1. The molecule has 0 fully saturated rings. The van der Waals surface area contributed by atoms with Gasteiger partial charge in [-0.25, -0.2) is 17.9 Å². The predicted molar refractivity (Wildman–Crippen MR) is 140 cm³/mol. The molecular formula is C24H19Cl2N5O5S. The molecule has 0 aliphatic rings. The van der Waals surface area contributed by atoms with E-state index in [1.54, 1.807) is 13.0 Å². The molecule has 0 spiro atoms. The lowest BCUT2D eigenvalue weighted by Gasteiger charge is -2.13. The van der Waals surface area contributed by atoms with E-state index in [-0.39, 0.29) is 49.2 Å². The first-order valence-corrected chi connectivity index (χ1v) is 13.0. The highest BCUT2D eigenvalue weighted by Crippen LogP contribution is 2.31. The Balaban J connectivity index is 1.71. The smallest absolute Gasteiger partial charge is 0.323 e. The minimum atomic E-state index is -4.05. The number of para-hydroxylation sites is 1. The standard InChI is InChI=1S/C24H19Cl2N5O5S/c1-2-31-23(33)19(28-24(34)29-22-16(25)12-27-13-17(22)26)11-18(30-31)14-6-5-7-15(10-14)37(35,36)21-9-4-3-8-20(21)32/h3-13,32H,2H2,1H3,(H2,27,28,29,34). The molecule has 0 saturated heterocycles. The lowest BCUT2D eigenvalue weighted by molar-refractivity contribution is 0.262. The van der Waals surface area contributed by atoms with E-state index in [1.807, 2.05) is 0 Å². The number of carbonyl (C=O) groups is 1. The second-order valence-corrected chi connectivity index (χ2v) is 10.4. The Labute approximate surface area is 221 Å². The van der Waals surface area contributed by atoms with Crippen LogP contribution in [0.3, 0.4) is 0 Å². The first kappa shape index (κ1) is 26.1. The number of nitrogens with zero attached hydrogens (tertiary/aromatic N) is 3. The summed E-state index contributed by atoms with van der Waals surface area (Å²) in [4.78, 5) is 28.9. The van der Waals surface area contributed by atoms with Gasteiger partial charge in [0.05, 0.1) is 26.3 Å². The number of sulfone groups is 1. The highest BCUT2D eigenvalue weighted by atomic mass is 35.5. The second kappa shape index (κ2) is 10.6. The van der Waals surface area contributed by atoms with Crippen molar-refractivity contribution in [3.8, 4) is 17.0 Å². The van der Waals surface area contributed by atoms with E-state index >= 15 is 0 Å². The lowest BCUT2D eigenvalue weighted by atomic mass is 10.1. The molecular weight excluding hydrogens is 541 g/mol. The maximum absolute atomic E-state index is 13.1. The van der Waals surface area contributed by atoms with Gasteiger partial charge in [0.15, 0.2) is 0 Å². The van der Waals surface area contributed by atoms with Crippen LogP contribution in [0.4, 0.5) is 16.2 Å². The predicted octanol–water partition coefficient (Wildman–Crippen LogP) is 4.81. The number of aromatic hydroxyl groups is 1. The Hall–Kier alpha value is -3.93. The number of anilines is 2. The molecule has 4 rings (SSSR count). The molecule has 0 bridgehead atoms. The van der Waals surface area contributed by atoms with E-state index < -0.39 is 21.4 Å². The van der Waals surface area contributed by atoms with E-state index in [2.05, 4.69) is 20.7 Å². The summed E-state index contributed by atoms with van der Waals surface area (Å²) in [6.07, 6.45) is 2.60. The Kier molecular flexibility index (Phi) is 7.48. The Bertz CT molecular complexity index is 1650. The normalized spacial score (nSPS) is 11.2. The minimum Gasteiger partial charge on any atom is -0.507 e. The van der Waals surface area contributed by atoms with Crippen molar-refractivity contribution in [2.45, 2.75) is 23.3 Å². The molecule has 2 heterocycles. The highest BCUT2D eigenvalue weighted by molar-refractivity contribution is 7.91. The van der Waals surface area contributed by atoms with Crippen LogP contribution in [0.1, 0.15) is 6.92 Å². The minimum absolute atomic E-state index is 0.0863. The van der Waals surface area contributed by atoms with Crippen LogP contribution in [0, 0.1) is 0 Å². The van der Waals surface area contributed by atoms with Crippen molar-refractivity contribution >= 4 is 50.4 Å². The van der Waals surface area contributed by atoms with Gasteiger partial charge < -0.3 is 15.7 Å². The largest absolute Gasteiger partial charge is 0.507 e. The molecule has 0 aliphatic heterocycles. The summed E-state index contributed by atoms with van der Waals surface area (Å²) in [5, 5.41) is 19.5. The van der Waals surface area contributed by atoms with Crippen molar-refractivity contribution in [2.24, 2.45) is 0 Å². The van der Waals surface area contributed by atoms with E-state index in [4.69, 9.17) is 23.2 Å². The van der Waals surface area contributed by atoms with Crippen LogP contribution in [0.5, 0.6) is 5.75 Å². The molecule has 2 aromatic carbocycles. The number of nitrogens with one attached hydrogen (secondary N) is 2. The van der Waals surface area contributed by atoms with Gasteiger partial charge in [0.25, 0.3) is 5.56 Å². The summed E-state index contributed by atoms with van der Waals surface area (Å²) in [5.74, 6) is -0.377. The number of amides is 2. The van der Waals surface area contributed by atoms with E-state index in [0.717, 1.165) is 4.68 Å². The number of carbonyl (C=O) groups excluding carboxylic acids is 1. The molecule has 37 heavy (non-hydrogen) atoms. The van der Waals surface area contributed by atoms with Gasteiger partial charge in [-0.1, -0.05) is 47.5 Å². The summed E-state index contributed by atoms with van der Waals surface area (Å²) < 4.78 is 27.4. The molecule has 0 aliphatic carbocycles. The highest BCUT2D eigenvalue weighted by Gasteiger charge is 2.22. The molecule has 13 heteroatoms. The van der Waals surface area contributed by atoms with Crippen LogP contribution in [0.15, 0.2) is 81.6 Å². The third kappa shape index (κ3) is 5.43. The van der Waals surface area contributed by atoms with E-state index in [1.165, 1.54) is 60.9 Å². The van der Waals surface area contributed by atoms with Crippen molar-refractivity contribution in [1.29, 1.82) is 0 Å². The number of pyridine rings is 1. The van der Waals surface area contributed by atoms with Gasteiger partial charge in [-0.05, 0) is 37.3 Å². The fourth-order valence-corrected chi connectivity index (χ4v) is 5.27. The van der Waals surface area contributed by atoms with E-state index in [9.17, 15) is 23.1 Å². The van der Waals surface area contributed by atoms with Crippen molar-refractivity contribution in [1.82, 2.24) is 14.8 Å². The molecule has 10 nitrogen and oxygen atoms in total. The number of benzene rings is 2. The number of hydrogen-bond donors (Lipinski definition) is 3. The lowest BCUT2D eigenvalue weighted by Crippen LogP contribution is -2.29. The van der Waals surface area contributed by atoms with Gasteiger partial charge >= 0.3 is 6.03 Å². The molecule has 0 radical (unpaired) electrons. The zero-order chi connectivity index (χ0) is 26.7. The van der Waals surface area contributed by atoms with Gasteiger partial charge in [-0.2, -0.15) is 5.10 Å². The molecule has 190 valence electrons. The van der Waals surface area contributed by atoms with Gasteiger partial charge in [-0.3, -0.25) is 9.78 Å². The maximum atomic E-state index is 13.1. The Morgan fingerprint density at radius 3 is 2.41 bits per heavy atom. The average Bonchev–Trinajstić information content (AvgIpc) is 2.88. The zero-order valence-corrected chi connectivity index (χ0v) is 21.5. The van der Waals surface area contributed by atoms with Crippen LogP contribution < -0.4 is 16.2 Å². The number of phenolic OH excluding ortho intramolecular Hbond substituents is 1. The first-order chi connectivity index (χ1) is 17.6. The molecule has 2 aromatic heterocycles. The summed E-state index contributed by atoms with van der Waals surface area (Å²) in [6, 6.07) is 12.0. The number of rotatable bonds is 6. The SMILES string of the molecule is CCn1nc(-c2cccc(S(=O)(=O)c3ccccc3O)c2)cc(NC(=O)Nc2c(Cl)cncc2Cl)c1=O. The number of hydrogen-bond acceptors (Lipinski definition) is 7. The average molecular weight is 560 g/mol. The van der Waals surface area contributed by atoms with Crippen LogP contribution in [-0.2, 0) is 16.4 Å². The van der Waals surface area contributed by atoms with Crippen molar-refractivity contribution in [3.63, 3.8) is 0 Å². The third-order valence-electron chi connectivity index (χ3n) is 5.21. The molecule has 0 atom stereocenters. The second-order valence-electron chi connectivity index (χ2n) is 7.62. The number of aromatic nitrogens is 3. The van der Waals surface area contributed by atoms with Gasteiger partial charge in [0, 0.05) is 24.5 Å². The van der Waals surface area contributed by atoms with Gasteiger partial charge in [0.2, 0.25) is 9.84 Å². The van der Waals surface area contributed by atoms with Gasteiger partial charge in [0.1, 0.15) is 16.3 Å². The zero-order valence-electron chi connectivity index (χ0n) is 19.1. The topological polar surface area (TPSA) is 143 Å². The molecule has 3 N–H and O–H groups in total. The number of urea groups is 1. The summed E-state index contributed by atoms with van der Waals surface area (Å²) >= 11 is 12.1. The monoisotopic (exact) mass is 559 g/mol. The Morgan fingerprint density at radius 1 is 1.03 bits per heavy atom. The fraction of sp³-hybridized carbons (Fsp3) is 0.0833. The van der Waals surface area contributed by atoms with Crippen LogP contribution >= 0.6 is 23.2 Å². The third-order valence-corrected chi connectivity index (χ3v) is 7.58. The molecule has 2 amide bonds. The molecule has 0 saturated carbocycles. The van der Waals surface area contributed by atoms with Crippen LogP contribution in [0.25, 0.3) is 11.3 Å². The van der Waals surface area contributed by atoms with E-state index in [0.29, 0.717) is 5.56 Å². The molecule has 4 aromatic rings.